The zero-order valence-electron chi connectivity index (χ0n) is 19.3. The lowest BCUT2D eigenvalue weighted by molar-refractivity contribution is -0.896. The maximum Gasteiger partial charge on any atom is 0.154 e. The van der Waals surface area contributed by atoms with E-state index in [1.54, 1.807) is 29.2 Å². The average molecular weight is 508 g/mol. The second kappa shape index (κ2) is 11.9. The van der Waals surface area contributed by atoms with Crippen molar-refractivity contribution in [3.63, 3.8) is 0 Å². The summed E-state index contributed by atoms with van der Waals surface area (Å²) in [5.41, 5.74) is 8.21. The third-order valence-corrected chi connectivity index (χ3v) is 6.57. The summed E-state index contributed by atoms with van der Waals surface area (Å²) < 4.78 is 0. The Morgan fingerprint density at radius 1 is 1.03 bits per heavy atom. The number of halogens is 3. The second-order valence-electron chi connectivity index (χ2n) is 8.22. The summed E-state index contributed by atoms with van der Waals surface area (Å²) in [6.45, 7) is 10.1. The Balaban J connectivity index is 1.86. The third-order valence-electron chi connectivity index (χ3n) is 5.73. The fourth-order valence-corrected chi connectivity index (χ4v) is 4.73. The smallest absolute Gasteiger partial charge is 0.154 e. The number of fused-ring (bicyclic) bond motifs is 1. The fraction of sp³-hybridized carbons (Fsp3) is 0.360. The first-order valence-corrected chi connectivity index (χ1v) is 12.4. The lowest BCUT2D eigenvalue weighted by Gasteiger charge is -2.19. The van der Waals surface area contributed by atoms with Crippen molar-refractivity contribution in [1.29, 1.82) is 0 Å². The van der Waals surface area contributed by atoms with E-state index in [2.05, 4.69) is 31.1 Å². The van der Waals surface area contributed by atoms with Crippen LogP contribution in [-0.4, -0.2) is 35.6 Å². The first-order valence-electron chi connectivity index (χ1n) is 11.3. The van der Waals surface area contributed by atoms with Crippen LogP contribution < -0.4 is 16.0 Å². The number of quaternary nitrogens is 1. The van der Waals surface area contributed by atoms with Gasteiger partial charge in [0.25, 0.3) is 0 Å². The molecule has 5 nitrogen and oxygen atoms in total. The average Bonchev–Trinajstić information content (AvgIpc) is 2.76. The highest BCUT2D eigenvalue weighted by Gasteiger charge is 2.12. The zero-order valence-corrected chi connectivity index (χ0v) is 21.5. The molecule has 0 spiro atoms. The quantitative estimate of drug-likeness (QED) is 0.301. The van der Waals surface area contributed by atoms with Gasteiger partial charge in [-0.3, -0.25) is 0 Å². The molecule has 0 saturated carbocycles. The van der Waals surface area contributed by atoms with Crippen LogP contribution >= 0.6 is 34.8 Å². The number of nitrogens with two attached hydrogens (primary N) is 1. The van der Waals surface area contributed by atoms with Crippen molar-refractivity contribution in [3.05, 3.63) is 56.8 Å². The summed E-state index contributed by atoms with van der Waals surface area (Å²) in [5, 5.41) is 5.90. The van der Waals surface area contributed by atoms with Crippen LogP contribution in [0.2, 0.25) is 15.1 Å². The van der Waals surface area contributed by atoms with Crippen LogP contribution in [0.1, 0.15) is 45.0 Å². The molecule has 3 aromatic rings. The maximum absolute atomic E-state index is 6.32. The standard InChI is InChI=1S/C25H30Cl3N5/c1-4-33(5-2)12-6-7-16(3)30-25-20-15-18(29)8-10-23(20)31-24(32-25)11-9-19-21(27)13-17(26)14-22(19)28/h8-11,13-16H,4-7,12,29H2,1-3H3,(H,30,31,32)/p+1. The largest absolute Gasteiger partial charge is 0.399 e. The highest BCUT2D eigenvalue weighted by Crippen LogP contribution is 2.31. The van der Waals surface area contributed by atoms with Crippen LogP contribution in [0.15, 0.2) is 30.3 Å². The van der Waals surface area contributed by atoms with Gasteiger partial charge in [0, 0.05) is 27.7 Å². The van der Waals surface area contributed by atoms with E-state index in [0.717, 1.165) is 42.7 Å². The van der Waals surface area contributed by atoms with Crippen LogP contribution in [0, 0.1) is 0 Å². The zero-order chi connectivity index (χ0) is 24.0. The number of aromatic nitrogens is 2. The van der Waals surface area contributed by atoms with Gasteiger partial charge in [-0.15, -0.1) is 0 Å². The molecule has 0 amide bonds. The van der Waals surface area contributed by atoms with Gasteiger partial charge in [-0.25, -0.2) is 9.97 Å². The number of hydrogen-bond acceptors (Lipinski definition) is 4. The third kappa shape index (κ3) is 6.97. The van der Waals surface area contributed by atoms with Crippen molar-refractivity contribution in [1.82, 2.24) is 9.97 Å². The molecule has 1 aromatic heterocycles. The van der Waals surface area contributed by atoms with Crippen molar-refractivity contribution >= 4 is 69.4 Å². The molecule has 0 aliphatic carbocycles. The van der Waals surface area contributed by atoms with E-state index in [1.165, 1.54) is 6.54 Å². The van der Waals surface area contributed by atoms with E-state index >= 15 is 0 Å². The molecule has 2 aromatic carbocycles. The molecule has 0 radical (unpaired) electrons. The molecular weight excluding hydrogens is 477 g/mol. The Bertz CT molecular complexity index is 1110. The molecule has 4 N–H and O–H groups in total. The number of rotatable bonds is 10. The highest BCUT2D eigenvalue weighted by molar-refractivity contribution is 6.40. The monoisotopic (exact) mass is 506 g/mol. The van der Waals surface area contributed by atoms with Crippen LogP contribution in [0.4, 0.5) is 11.5 Å². The maximum atomic E-state index is 6.32. The van der Waals surface area contributed by atoms with Gasteiger partial charge in [-0.1, -0.05) is 34.8 Å². The summed E-state index contributed by atoms with van der Waals surface area (Å²) in [7, 11) is 0. The first kappa shape index (κ1) is 25.6. The molecule has 8 heteroatoms. The minimum atomic E-state index is 0.261. The van der Waals surface area contributed by atoms with E-state index in [0.29, 0.717) is 32.1 Å². The minimum absolute atomic E-state index is 0.261. The number of benzene rings is 2. The highest BCUT2D eigenvalue weighted by atomic mass is 35.5. The molecule has 33 heavy (non-hydrogen) atoms. The number of nitrogen functional groups attached to an aromatic ring is 1. The Morgan fingerprint density at radius 3 is 2.39 bits per heavy atom. The van der Waals surface area contributed by atoms with Crippen molar-refractivity contribution in [2.45, 2.75) is 39.7 Å². The predicted octanol–water partition coefficient (Wildman–Crippen LogP) is 5.85. The number of hydrogen-bond donors (Lipinski definition) is 3. The SMILES string of the molecule is CC[NH+](CC)CCCC(C)Nc1nc(C=Cc2c(Cl)cc(Cl)cc2Cl)nc2ccc(N)cc12. The van der Waals surface area contributed by atoms with Gasteiger partial charge in [0.1, 0.15) is 5.82 Å². The molecule has 176 valence electrons. The van der Waals surface area contributed by atoms with Gasteiger partial charge in [-0.05, 0) is 76.1 Å². The first-order chi connectivity index (χ1) is 15.8. The molecule has 0 bridgehead atoms. The molecule has 1 unspecified atom stereocenters. The number of anilines is 2. The molecule has 1 atom stereocenters. The molecule has 0 fully saturated rings. The second-order valence-corrected chi connectivity index (χ2v) is 9.47. The molecule has 0 aliphatic heterocycles. The predicted molar refractivity (Wildman–Crippen MR) is 144 cm³/mol. The minimum Gasteiger partial charge on any atom is -0.399 e. The summed E-state index contributed by atoms with van der Waals surface area (Å²) in [5.74, 6) is 1.32. The molecule has 0 aliphatic rings. The van der Waals surface area contributed by atoms with Gasteiger partial charge in [0.05, 0.1) is 35.2 Å². The van der Waals surface area contributed by atoms with E-state index in [4.69, 9.17) is 45.5 Å². The van der Waals surface area contributed by atoms with Gasteiger partial charge in [-0.2, -0.15) is 0 Å². The van der Waals surface area contributed by atoms with Crippen molar-refractivity contribution in [3.8, 4) is 0 Å². The normalized spacial score (nSPS) is 12.7. The Labute approximate surface area is 210 Å². The van der Waals surface area contributed by atoms with Crippen LogP contribution in [0.5, 0.6) is 0 Å². The molecule has 1 heterocycles. The molecule has 0 saturated heterocycles. The topological polar surface area (TPSA) is 68.3 Å². The Kier molecular flexibility index (Phi) is 9.21. The van der Waals surface area contributed by atoms with Crippen molar-refractivity contribution < 1.29 is 4.90 Å². The number of nitrogens with zero attached hydrogens (tertiary/aromatic N) is 2. The van der Waals surface area contributed by atoms with E-state index in [9.17, 15) is 0 Å². The fourth-order valence-electron chi connectivity index (χ4n) is 3.79. The van der Waals surface area contributed by atoms with E-state index < -0.39 is 0 Å². The summed E-state index contributed by atoms with van der Waals surface area (Å²) in [6.07, 6.45) is 5.81. The van der Waals surface area contributed by atoms with Gasteiger partial charge in [0.2, 0.25) is 0 Å². The van der Waals surface area contributed by atoms with Crippen LogP contribution in [0.25, 0.3) is 23.1 Å². The van der Waals surface area contributed by atoms with Gasteiger partial charge < -0.3 is 16.0 Å². The van der Waals surface area contributed by atoms with E-state index in [1.807, 2.05) is 18.2 Å². The summed E-state index contributed by atoms with van der Waals surface area (Å²) in [6, 6.07) is 9.24. The lowest BCUT2D eigenvalue weighted by Crippen LogP contribution is -3.11. The van der Waals surface area contributed by atoms with Crippen molar-refractivity contribution in [2.75, 3.05) is 30.7 Å². The Morgan fingerprint density at radius 2 is 1.73 bits per heavy atom. The summed E-state index contributed by atoms with van der Waals surface area (Å²) >= 11 is 18.7. The van der Waals surface area contributed by atoms with Crippen molar-refractivity contribution in [2.24, 2.45) is 0 Å². The number of nitrogens with one attached hydrogen (secondary N) is 2. The van der Waals surface area contributed by atoms with Gasteiger partial charge in [0.15, 0.2) is 5.82 Å². The van der Waals surface area contributed by atoms with Crippen LogP contribution in [-0.2, 0) is 0 Å². The van der Waals surface area contributed by atoms with E-state index in [-0.39, 0.29) is 6.04 Å². The Hall–Kier alpha value is -2.05. The molecular formula is C25H31Cl3N5+. The summed E-state index contributed by atoms with van der Waals surface area (Å²) in [4.78, 5) is 11.1. The van der Waals surface area contributed by atoms with Crippen LogP contribution in [0.3, 0.4) is 0 Å². The lowest BCUT2D eigenvalue weighted by atomic mass is 10.1. The van der Waals surface area contributed by atoms with Gasteiger partial charge >= 0.3 is 0 Å². The molecule has 3 rings (SSSR count).